The van der Waals surface area contributed by atoms with E-state index in [2.05, 4.69) is 16.0 Å². The number of carbonyl (C=O) groups is 5. The van der Waals surface area contributed by atoms with E-state index in [9.17, 15) is 29.1 Å². The number of primary amides is 1. The van der Waals surface area contributed by atoms with Gasteiger partial charge in [-0.1, -0.05) is 42.5 Å². The molecule has 9 N–H and O–H groups in total. The normalized spacial score (nSPS) is 13.8. The number of hydrogen-bond acceptors (Lipinski definition) is 7. The van der Waals surface area contributed by atoms with E-state index in [1.54, 1.807) is 12.1 Å². The van der Waals surface area contributed by atoms with Gasteiger partial charge in [0.2, 0.25) is 23.6 Å². The average molecular weight is 528 g/mol. The van der Waals surface area contributed by atoms with Gasteiger partial charge in [0, 0.05) is 12.8 Å². The van der Waals surface area contributed by atoms with E-state index >= 15 is 0 Å². The first kappa shape index (κ1) is 29.8. The molecule has 4 unspecified atom stereocenters. The van der Waals surface area contributed by atoms with Gasteiger partial charge in [-0.05, 0) is 43.0 Å². The van der Waals surface area contributed by atoms with E-state index < -0.39 is 53.8 Å². The smallest absolute Gasteiger partial charge is 0.325 e. The number of phenolic OH excluding ortho intramolecular Hbond substituents is 1. The third-order valence-corrected chi connectivity index (χ3v) is 5.69. The molecular weight excluding hydrogens is 494 g/mol. The van der Waals surface area contributed by atoms with E-state index in [1.807, 2.05) is 30.3 Å². The average Bonchev–Trinajstić information content (AvgIpc) is 2.87. The molecule has 0 aromatic heterocycles. The molecule has 0 saturated heterocycles. The van der Waals surface area contributed by atoms with Crippen LogP contribution >= 0.6 is 0 Å². The Morgan fingerprint density at radius 3 is 1.92 bits per heavy atom. The van der Waals surface area contributed by atoms with Crippen LogP contribution in [0.25, 0.3) is 0 Å². The van der Waals surface area contributed by atoms with Crippen LogP contribution < -0.4 is 27.4 Å². The standard InChI is InChI=1S/C26H33N5O7/c1-15(26(37)38)29-24(35)20(11-12-22(28)33)30-25(36)21(14-17-7-9-18(32)10-8-17)31-23(34)19(27)13-16-5-3-2-4-6-16/h2-10,15,19-21,32H,11-14,27H2,1H3,(H2,28,33)(H,29,35)(H,30,36)(H,31,34)(H,37,38). The first-order valence-electron chi connectivity index (χ1n) is 12.0. The maximum Gasteiger partial charge on any atom is 0.325 e. The van der Waals surface area contributed by atoms with Crippen molar-refractivity contribution in [3.05, 3.63) is 65.7 Å². The third kappa shape index (κ3) is 9.90. The minimum Gasteiger partial charge on any atom is -0.508 e. The van der Waals surface area contributed by atoms with Crippen LogP contribution in [0.4, 0.5) is 0 Å². The van der Waals surface area contributed by atoms with Gasteiger partial charge in [0.1, 0.15) is 23.9 Å². The molecule has 0 radical (unpaired) electrons. The van der Waals surface area contributed by atoms with E-state index in [4.69, 9.17) is 16.6 Å². The lowest BCUT2D eigenvalue weighted by Crippen LogP contribution is -2.57. The maximum absolute atomic E-state index is 13.3. The van der Waals surface area contributed by atoms with Crippen LogP contribution in [0.1, 0.15) is 30.9 Å². The van der Waals surface area contributed by atoms with Gasteiger partial charge in [-0.25, -0.2) is 0 Å². The van der Waals surface area contributed by atoms with Crippen molar-refractivity contribution in [1.29, 1.82) is 0 Å². The number of carbonyl (C=O) groups excluding carboxylic acids is 4. The van der Waals surface area contributed by atoms with Crippen LogP contribution in [0.2, 0.25) is 0 Å². The van der Waals surface area contributed by atoms with Gasteiger partial charge in [0.25, 0.3) is 0 Å². The van der Waals surface area contributed by atoms with Crippen molar-refractivity contribution in [3.63, 3.8) is 0 Å². The van der Waals surface area contributed by atoms with E-state index in [0.29, 0.717) is 5.56 Å². The third-order valence-electron chi connectivity index (χ3n) is 5.69. The summed E-state index contributed by atoms with van der Waals surface area (Å²) in [5.74, 6) is -4.19. The number of hydrogen-bond donors (Lipinski definition) is 7. The second-order valence-corrected chi connectivity index (χ2v) is 8.86. The van der Waals surface area contributed by atoms with Gasteiger partial charge in [0.15, 0.2) is 0 Å². The Hall–Kier alpha value is -4.45. The fourth-order valence-electron chi connectivity index (χ4n) is 3.52. The lowest BCUT2D eigenvalue weighted by Gasteiger charge is -2.25. The Morgan fingerprint density at radius 2 is 1.34 bits per heavy atom. The first-order chi connectivity index (χ1) is 18.0. The highest BCUT2D eigenvalue weighted by Gasteiger charge is 2.30. The highest BCUT2D eigenvalue weighted by Crippen LogP contribution is 2.12. The Kier molecular flexibility index (Phi) is 11.2. The molecule has 0 fully saturated rings. The molecule has 0 spiro atoms. The largest absolute Gasteiger partial charge is 0.508 e. The van der Waals surface area contributed by atoms with Crippen molar-refractivity contribution in [3.8, 4) is 5.75 Å². The summed E-state index contributed by atoms with van der Waals surface area (Å²) in [4.78, 5) is 61.3. The number of aliphatic carboxylic acids is 1. The molecule has 0 saturated carbocycles. The summed E-state index contributed by atoms with van der Waals surface area (Å²) in [5.41, 5.74) is 12.7. The first-order valence-corrected chi connectivity index (χ1v) is 12.0. The number of phenols is 1. The quantitative estimate of drug-likeness (QED) is 0.167. The Morgan fingerprint density at radius 1 is 0.789 bits per heavy atom. The number of amides is 4. The van der Waals surface area contributed by atoms with Crippen LogP contribution in [0.3, 0.4) is 0 Å². The van der Waals surface area contributed by atoms with Gasteiger partial charge >= 0.3 is 5.97 Å². The number of rotatable bonds is 14. The Labute approximate surface area is 219 Å². The van der Waals surface area contributed by atoms with Crippen molar-refractivity contribution in [2.45, 2.75) is 56.8 Å². The van der Waals surface area contributed by atoms with E-state index in [1.165, 1.54) is 19.1 Å². The van der Waals surface area contributed by atoms with E-state index in [0.717, 1.165) is 5.56 Å². The summed E-state index contributed by atoms with van der Waals surface area (Å²) in [6.07, 6.45) is -0.230. The van der Waals surface area contributed by atoms with Crippen molar-refractivity contribution >= 4 is 29.6 Å². The molecule has 38 heavy (non-hydrogen) atoms. The van der Waals surface area contributed by atoms with Gasteiger partial charge < -0.3 is 37.6 Å². The molecule has 2 aromatic carbocycles. The van der Waals surface area contributed by atoms with Crippen LogP contribution in [-0.2, 0) is 36.8 Å². The van der Waals surface area contributed by atoms with Crippen molar-refractivity contribution in [1.82, 2.24) is 16.0 Å². The van der Waals surface area contributed by atoms with E-state index in [-0.39, 0.29) is 31.4 Å². The molecular formula is C26H33N5O7. The van der Waals surface area contributed by atoms with Gasteiger partial charge in [-0.3, -0.25) is 24.0 Å². The van der Waals surface area contributed by atoms with Crippen molar-refractivity contribution in [2.75, 3.05) is 0 Å². The topological polar surface area (TPSA) is 214 Å². The Balaban J connectivity index is 2.22. The molecule has 2 aromatic rings. The molecule has 0 aliphatic rings. The highest BCUT2D eigenvalue weighted by molar-refractivity contribution is 5.94. The van der Waals surface area contributed by atoms with Crippen molar-refractivity contribution < 1.29 is 34.2 Å². The summed E-state index contributed by atoms with van der Waals surface area (Å²) >= 11 is 0. The van der Waals surface area contributed by atoms with Gasteiger partial charge in [-0.15, -0.1) is 0 Å². The number of nitrogens with two attached hydrogens (primary N) is 2. The summed E-state index contributed by atoms with van der Waals surface area (Å²) in [7, 11) is 0. The number of carboxylic acids is 1. The number of carboxylic acid groups (broad SMARTS) is 1. The molecule has 2 rings (SSSR count). The lowest BCUT2D eigenvalue weighted by molar-refractivity contribution is -0.142. The second kappa shape index (κ2) is 14.3. The SMILES string of the molecule is CC(NC(=O)C(CCC(N)=O)NC(=O)C(Cc1ccc(O)cc1)NC(=O)C(N)Cc1ccccc1)C(=O)O. The molecule has 204 valence electrons. The predicted molar refractivity (Wildman–Crippen MR) is 137 cm³/mol. The minimum atomic E-state index is -1.30. The number of benzene rings is 2. The summed E-state index contributed by atoms with van der Waals surface area (Å²) in [5, 5.41) is 26.0. The van der Waals surface area contributed by atoms with Gasteiger partial charge in [0.05, 0.1) is 6.04 Å². The molecule has 0 bridgehead atoms. The number of nitrogens with one attached hydrogen (secondary N) is 3. The zero-order chi connectivity index (χ0) is 28.2. The Bertz CT molecular complexity index is 1120. The van der Waals surface area contributed by atoms with Crippen LogP contribution in [-0.4, -0.2) is 64.0 Å². The van der Waals surface area contributed by atoms with Gasteiger partial charge in [-0.2, -0.15) is 0 Å². The number of aromatic hydroxyl groups is 1. The molecule has 4 amide bonds. The monoisotopic (exact) mass is 527 g/mol. The minimum absolute atomic E-state index is 0.00834. The fraction of sp³-hybridized carbons (Fsp3) is 0.346. The van der Waals surface area contributed by atoms with Crippen LogP contribution in [0.5, 0.6) is 5.75 Å². The molecule has 0 aliphatic carbocycles. The fourth-order valence-corrected chi connectivity index (χ4v) is 3.52. The second-order valence-electron chi connectivity index (χ2n) is 8.86. The van der Waals surface area contributed by atoms with Crippen molar-refractivity contribution in [2.24, 2.45) is 11.5 Å². The predicted octanol–water partition coefficient (Wildman–Crippen LogP) is -0.671. The molecule has 0 aliphatic heterocycles. The summed E-state index contributed by atoms with van der Waals surface area (Å²) in [6, 6.07) is 10.3. The lowest BCUT2D eigenvalue weighted by atomic mass is 10.0. The summed E-state index contributed by atoms with van der Waals surface area (Å²) < 4.78 is 0. The molecule has 4 atom stereocenters. The molecule has 12 heteroatoms. The molecule has 12 nitrogen and oxygen atoms in total. The summed E-state index contributed by atoms with van der Waals surface area (Å²) in [6.45, 7) is 1.25. The molecule has 0 heterocycles. The van der Waals surface area contributed by atoms with Crippen LogP contribution in [0, 0.1) is 0 Å². The van der Waals surface area contributed by atoms with Crippen LogP contribution in [0.15, 0.2) is 54.6 Å². The maximum atomic E-state index is 13.3. The zero-order valence-electron chi connectivity index (χ0n) is 20.9. The highest BCUT2D eigenvalue weighted by atomic mass is 16.4. The zero-order valence-corrected chi connectivity index (χ0v) is 20.9.